The van der Waals surface area contributed by atoms with Gasteiger partial charge in [-0.1, -0.05) is 41.5 Å². The molecule has 0 amide bonds. The first kappa shape index (κ1) is 33.1. The Hall–Kier alpha value is -2.45. The summed E-state index contributed by atoms with van der Waals surface area (Å²) >= 11 is 1.32. The van der Waals surface area contributed by atoms with E-state index in [2.05, 4.69) is 0 Å². The number of fused-ring (bicyclic) bond motifs is 2. The number of carbonyl (C=O) groups is 4. The Balaban J connectivity index is 1.20. The van der Waals surface area contributed by atoms with Crippen LogP contribution in [-0.2, 0) is 38.1 Å². The van der Waals surface area contributed by atoms with Gasteiger partial charge in [-0.25, -0.2) is 9.59 Å². The third-order valence-electron chi connectivity index (χ3n) is 15.5. The van der Waals surface area contributed by atoms with Gasteiger partial charge >= 0.3 is 11.9 Å². The maximum atomic E-state index is 15.0. The van der Waals surface area contributed by atoms with Crippen molar-refractivity contribution in [2.75, 3.05) is 0 Å². The van der Waals surface area contributed by atoms with E-state index in [9.17, 15) is 39.6 Å². The van der Waals surface area contributed by atoms with Crippen LogP contribution in [0.1, 0.15) is 67.2 Å². The monoisotopic (exact) mass is 726 g/mol. The van der Waals surface area contributed by atoms with Crippen molar-refractivity contribution >= 4 is 35.3 Å². The van der Waals surface area contributed by atoms with Crippen LogP contribution in [0.5, 0.6) is 0 Å². The highest BCUT2D eigenvalue weighted by molar-refractivity contribution is 8.00. The topological polar surface area (TPSA) is 186 Å². The molecule has 276 valence electrons. The highest BCUT2D eigenvalue weighted by Crippen LogP contribution is 2.77. The minimum atomic E-state index is -1.65. The van der Waals surface area contributed by atoms with Crippen molar-refractivity contribution in [1.82, 2.24) is 0 Å². The van der Waals surface area contributed by atoms with E-state index in [1.54, 1.807) is 13.8 Å². The van der Waals surface area contributed by atoms with Gasteiger partial charge < -0.3 is 39.4 Å². The molecule has 12 rings (SSSR count). The molecule has 0 radical (unpaired) electrons. The number of ether oxygens (including phenoxy) is 4. The fraction of sp³-hybridized carbons (Fsp3) is 0.789. The molecule has 4 saturated carbocycles. The smallest absolute Gasteiger partial charge is 0.341 e. The number of aliphatic hydroxyl groups is 4. The highest BCUT2D eigenvalue weighted by Gasteiger charge is 2.90. The van der Waals surface area contributed by atoms with Gasteiger partial charge in [0.15, 0.2) is 22.4 Å². The summed E-state index contributed by atoms with van der Waals surface area (Å²) in [5.41, 5.74) is -6.30. The molecule has 6 saturated heterocycles. The van der Waals surface area contributed by atoms with Crippen LogP contribution in [0.3, 0.4) is 0 Å². The predicted octanol–water partition coefficient (Wildman–Crippen LogP) is 2.73. The van der Waals surface area contributed by atoms with Crippen molar-refractivity contribution in [3.05, 3.63) is 22.7 Å². The average molecular weight is 727 g/mol. The third-order valence-corrected chi connectivity index (χ3v) is 17.2. The maximum absolute atomic E-state index is 15.0. The van der Waals surface area contributed by atoms with Crippen molar-refractivity contribution in [2.24, 2.45) is 59.2 Å². The molecular weight excluding hydrogens is 680 g/mol. The van der Waals surface area contributed by atoms with Gasteiger partial charge in [-0.05, 0) is 37.5 Å². The second-order valence-corrected chi connectivity index (χ2v) is 19.4. The summed E-state index contributed by atoms with van der Waals surface area (Å²) in [4.78, 5) is 57.7. The highest BCUT2D eigenvalue weighted by atomic mass is 32.2. The molecule has 6 heterocycles. The predicted molar refractivity (Wildman–Crippen MR) is 177 cm³/mol. The molecule has 6 unspecified atom stereocenters. The number of thioether (sulfide) groups is 1. The van der Waals surface area contributed by atoms with Crippen LogP contribution in [-0.4, -0.2) is 101 Å². The minimum Gasteiger partial charge on any atom is -0.511 e. The number of rotatable bonds is 2. The first-order valence-corrected chi connectivity index (χ1v) is 19.7. The molecule has 0 aromatic heterocycles. The van der Waals surface area contributed by atoms with E-state index < -0.39 is 117 Å². The normalized spacial score (nSPS) is 61.8. The first-order valence-electron chi connectivity index (χ1n) is 18.8. The van der Waals surface area contributed by atoms with Crippen LogP contribution in [0, 0.1) is 59.2 Å². The molecule has 4 spiro atoms. The summed E-state index contributed by atoms with van der Waals surface area (Å²) in [7, 11) is 0. The molecule has 0 aromatic rings. The molecule has 6 aliphatic heterocycles. The fourth-order valence-corrected chi connectivity index (χ4v) is 16.2. The van der Waals surface area contributed by atoms with Crippen LogP contribution in [0.2, 0.25) is 0 Å². The lowest BCUT2D eigenvalue weighted by atomic mass is 9.59. The second kappa shape index (κ2) is 9.80. The zero-order valence-corrected chi connectivity index (χ0v) is 30.3. The van der Waals surface area contributed by atoms with Crippen LogP contribution >= 0.6 is 11.8 Å². The van der Waals surface area contributed by atoms with Gasteiger partial charge in [0.05, 0.1) is 36.3 Å². The summed E-state index contributed by atoms with van der Waals surface area (Å²) in [6.07, 6.45) is -2.57. The molecule has 51 heavy (non-hydrogen) atoms. The summed E-state index contributed by atoms with van der Waals surface area (Å²) in [5, 5.41) is 46.3. The molecule has 0 aromatic carbocycles. The summed E-state index contributed by atoms with van der Waals surface area (Å²) in [5.74, 6) is -8.41. The molecule has 8 bridgehead atoms. The van der Waals surface area contributed by atoms with Gasteiger partial charge in [-0.2, -0.15) is 11.8 Å². The van der Waals surface area contributed by atoms with Crippen molar-refractivity contribution in [1.29, 1.82) is 0 Å². The molecule has 12 nitrogen and oxygen atoms in total. The van der Waals surface area contributed by atoms with Gasteiger partial charge in [0.2, 0.25) is 0 Å². The number of hydrogen-bond donors (Lipinski definition) is 4. The van der Waals surface area contributed by atoms with Crippen molar-refractivity contribution in [2.45, 2.75) is 125 Å². The van der Waals surface area contributed by atoms with E-state index in [0.717, 1.165) is 0 Å². The summed E-state index contributed by atoms with van der Waals surface area (Å²) in [6, 6.07) is 0. The average Bonchev–Trinajstić information content (AvgIpc) is 3.57. The summed E-state index contributed by atoms with van der Waals surface area (Å²) in [6.45, 7) is 11.0. The van der Waals surface area contributed by atoms with E-state index in [1.165, 1.54) is 11.8 Å². The number of ketones is 2. The van der Waals surface area contributed by atoms with Gasteiger partial charge in [-0.15, -0.1) is 0 Å². The van der Waals surface area contributed by atoms with Gasteiger partial charge in [0.25, 0.3) is 0 Å². The van der Waals surface area contributed by atoms with Gasteiger partial charge in [-0.3, -0.25) is 9.59 Å². The Labute approximate surface area is 299 Å². The molecule has 12 aliphatic rings. The number of Topliss-reactive ketones (excluding diaryl/α,β-unsaturated/α-hetero) is 2. The van der Waals surface area contributed by atoms with E-state index in [0.29, 0.717) is 12.8 Å². The van der Waals surface area contributed by atoms with Crippen LogP contribution in [0.25, 0.3) is 0 Å². The van der Waals surface area contributed by atoms with Crippen molar-refractivity contribution in [3.8, 4) is 0 Å². The standard InChI is InChI=1S/C38H46O12S/c1-11-7-13(3)25(41)21-33(45)49-35-9-15(5)29-27(43)17(35)31(19(23(11)39)37(21,35)47-29)51-32-18-28(44)30-16(6)10-36(18)38(48-30)20(32)24(40)12(2)8-14(4)26(42)22(38)34(46)50-36/h11-20,27-32,41-44H,7-10H2,1-6H3/b25-21-,26-22-/t11-,12-,13+,14+,15+,16+,17?,18?,19?,20?,27+,28+,29-,30-,31?,32?,35+,36+,37-,38-/m0/s1. The Kier molecular flexibility index (Phi) is 6.37. The SMILES string of the molecule is C[C@@H]1C[C@H](C)C(=O)C2C(SC3C4C(=O)[C@@H](C)C[C@@H](C)/C(O)=C5\C(=O)O[C@@]67C[C@@H](C)[C@H](O[C@]546)[C@H](O)C37)C3[C@@H](O)[C@H]4O[C@]25/C(=C/1O)C(=O)O[C@]35C[C@H]4C. The minimum absolute atomic E-state index is 0.0404. The lowest BCUT2D eigenvalue weighted by Gasteiger charge is -2.58. The molecule has 13 heteroatoms. The Morgan fingerprint density at radius 3 is 1.35 bits per heavy atom. The van der Waals surface area contributed by atoms with Crippen LogP contribution < -0.4 is 0 Å². The van der Waals surface area contributed by atoms with Gasteiger partial charge in [0.1, 0.15) is 34.2 Å². The molecular formula is C38H46O12S. The quantitative estimate of drug-likeness (QED) is 0.305. The third kappa shape index (κ3) is 3.28. The number of aliphatic hydroxyl groups excluding tert-OH is 4. The largest absolute Gasteiger partial charge is 0.511 e. The zero-order valence-electron chi connectivity index (χ0n) is 29.5. The van der Waals surface area contributed by atoms with Crippen molar-refractivity contribution < 1.29 is 58.6 Å². The van der Waals surface area contributed by atoms with Crippen LogP contribution in [0.15, 0.2) is 22.7 Å². The Bertz CT molecular complexity index is 1660. The number of allylic oxidation sites excluding steroid dienone is 2. The lowest BCUT2D eigenvalue weighted by molar-refractivity contribution is -0.300. The molecule has 6 aliphatic carbocycles. The molecule has 4 N–H and O–H groups in total. The van der Waals surface area contributed by atoms with E-state index >= 15 is 0 Å². The van der Waals surface area contributed by atoms with E-state index in [-0.39, 0.29) is 58.9 Å². The number of hydrogen-bond acceptors (Lipinski definition) is 13. The van der Waals surface area contributed by atoms with Crippen molar-refractivity contribution in [3.63, 3.8) is 0 Å². The number of carbonyl (C=O) groups excluding carboxylic acids is 4. The fourth-order valence-electron chi connectivity index (χ4n) is 13.8. The molecule has 10 fully saturated rings. The molecule has 20 atom stereocenters. The Morgan fingerprint density at radius 2 is 0.980 bits per heavy atom. The van der Waals surface area contributed by atoms with E-state index in [1.807, 2.05) is 27.7 Å². The lowest BCUT2D eigenvalue weighted by Crippen LogP contribution is -2.72. The zero-order chi connectivity index (χ0) is 36.2. The maximum Gasteiger partial charge on any atom is 0.341 e. The van der Waals surface area contributed by atoms with Gasteiger partial charge in [0, 0.05) is 46.0 Å². The second-order valence-electron chi connectivity index (χ2n) is 18.0. The first-order chi connectivity index (χ1) is 24.0. The van der Waals surface area contributed by atoms with Crippen LogP contribution in [0.4, 0.5) is 0 Å². The number of esters is 2. The Morgan fingerprint density at radius 1 is 0.608 bits per heavy atom. The van der Waals surface area contributed by atoms with E-state index in [4.69, 9.17) is 18.9 Å². The summed E-state index contributed by atoms with van der Waals surface area (Å²) < 4.78 is 26.4.